The van der Waals surface area contributed by atoms with Gasteiger partial charge in [0.1, 0.15) is 5.60 Å². The third-order valence-electron chi connectivity index (χ3n) is 4.18. The Hall–Kier alpha value is -1.55. The first-order valence-electron chi connectivity index (χ1n) is 8.58. The minimum absolute atomic E-state index is 0.111. The SMILES string of the molecule is CC(C)(C)OC(=O)N1CCCC1[C@@H](O)CCCc1ccccc1. The lowest BCUT2D eigenvalue weighted by molar-refractivity contribution is 0.00365. The molecule has 1 aliphatic heterocycles. The summed E-state index contributed by atoms with van der Waals surface area (Å²) in [5.41, 5.74) is 0.790. The second kappa shape index (κ2) is 7.82. The fraction of sp³-hybridized carbons (Fsp3) is 0.632. The summed E-state index contributed by atoms with van der Waals surface area (Å²) < 4.78 is 5.45. The molecule has 1 aromatic carbocycles. The normalized spacial score (nSPS) is 19.7. The number of nitrogens with zero attached hydrogens (tertiary/aromatic N) is 1. The maximum atomic E-state index is 12.3. The number of likely N-dealkylation sites (tertiary alicyclic amines) is 1. The van der Waals surface area contributed by atoms with Crippen LogP contribution in [0.5, 0.6) is 0 Å². The third-order valence-corrected chi connectivity index (χ3v) is 4.18. The smallest absolute Gasteiger partial charge is 0.410 e. The van der Waals surface area contributed by atoms with E-state index in [-0.39, 0.29) is 12.1 Å². The molecule has 2 rings (SSSR count). The van der Waals surface area contributed by atoms with Gasteiger partial charge in [-0.3, -0.25) is 0 Å². The number of amides is 1. The molecule has 1 aromatic rings. The van der Waals surface area contributed by atoms with E-state index in [2.05, 4.69) is 12.1 Å². The standard InChI is InChI=1S/C19H29NO3/c1-19(2,3)23-18(22)20-14-8-12-16(20)17(21)13-7-11-15-9-5-4-6-10-15/h4-6,9-10,16-17,21H,7-8,11-14H2,1-3H3/t16?,17-/m0/s1. The Balaban J connectivity index is 1.83. The predicted octanol–water partition coefficient (Wildman–Crippen LogP) is 3.77. The van der Waals surface area contributed by atoms with Crippen LogP contribution in [-0.4, -0.2) is 40.4 Å². The van der Waals surface area contributed by atoms with Crippen molar-refractivity contribution in [2.24, 2.45) is 0 Å². The van der Waals surface area contributed by atoms with Crippen LogP contribution in [0.25, 0.3) is 0 Å². The molecule has 2 atom stereocenters. The molecule has 1 saturated heterocycles. The van der Waals surface area contributed by atoms with Crippen LogP contribution in [0.3, 0.4) is 0 Å². The maximum absolute atomic E-state index is 12.3. The van der Waals surface area contributed by atoms with E-state index >= 15 is 0 Å². The number of benzene rings is 1. The van der Waals surface area contributed by atoms with Crippen molar-refractivity contribution < 1.29 is 14.6 Å². The minimum atomic E-state index is -0.498. The molecular weight excluding hydrogens is 290 g/mol. The van der Waals surface area contributed by atoms with E-state index in [0.717, 1.165) is 25.7 Å². The summed E-state index contributed by atoms with van der Waals surface area (Å²) in [6.07, 6.45) is 3.58. The van der Waals surface area contributed by atoms with Gasteiger partial charge in [-0.05, 0) is 58.4 Å². The number of aryl methyl sites for hydroxylation is 1. The molecule has 4 nitrogen and oxygen atoms in total. The van der Waals surface area contributed by atoms with Crippen molar-refractivity contribution in [2.45, 2.75) is 70.6 Å². The summed E-state index contributed by atoms with van der Waals surface area (Å²) in [4.78, 5) is 14.0. The van der Waals surface area contributed by atoms with Crippen molar-refractivity contribution in [2.75, 3.05) is 6.54 Å². The molecule has 1 N–H and O–H groups in total. The van der Waals surface area contributed by atoms with Crippen LogP contribution in [0.15, 0.2) is 30.3 Å². The van der Waals surface area contributed by atoms with Gasteiger partial charge in [0, 0.05) is 6.54 Å². The summed E-state index contributed by atoms with van der Waals surface area (Å²) in [5.74, 6) is 0. The highest BCUT2D eigenvalue weighted by atomic mass is 16.6. The lowest BCUT2D eigenvalue weighted by atomic mass is 10.0. The average Bonchev–Trinajstić information content (AvgIpc) is 2.96. The quantitative estimate of drug-likeness (QED) is 0.899. The van der Waals surface area contributed by atoms with Gasteiger partial charge < -0.3 is 14.7 Å². The van der Waals surface area contributed by atoms with E-state index in [1.165, 1.54) is 5.56 Å². The Morgan fingerprint density at radius 1 is 1.35 bits per heavy atom. The number of carbonyl (C=O) groups is 1. The van der Waals surface area contributed by atoms with Gasteiger partial charge >= 0.3 is 6.09 Å². The third kappa shape index (κ3) is 5.54. The Morgan fingerprint density at radius 3 is 2.70 bits per heavy atom. The highest BCUT2D eigenvalue weighted by Gasteiger charge is 2.35. The van der Waals surface area contributed by atoms with Crippen molar-refractivity contribution in [3.63, 3.8) is 0 Å². The van der Waals surface area contributed by atoms with Crippen molar-refractivity contribution in [3.05, 3.63) is 35.9 Å². The first kappa shape index (κ1) is 17.8. The molecule has 0 spiro atoms. The summed E-state index contributed by atoms with van der Waals surface area (Å²) in [7, 11) is 0. The predicted molar refractivity (Wildman–Crippen MR) is 91.3 cm³/mol. The van der Waals surface area contributed by atoms with Gasteiger partial charge in [-0.25, -0.2) is 4.79 Å². The summed E-state index contributed by atoms with van der Waals surface area (Å²) in [6, 6.07) is 10.2. The van der Waals surface area contributed by atoms with Gasteiger partial charge in [0.2, 0.25) is 0 Å². The molecule has 128 valence electrons. The van der Waals surface area contributed by atoms with Crippen LogP contribution < -0.4 is 0 Å². The number of hydrogen-bond donors (Lipinski definition) is 1. The molecule has 0 aliphatic carbocycles. The first-order valence-corrected chi connectivity index (χ1v) is 8.58. The van der Waals surface area contributed by atoms with Gasteiger partial charge in [0.25, 0.3) is 0 Å². The largest absolute Gasteiger partial charge is 0.444 e. The fourth-order valence-corrected chi connectivity index (χ4v) is 3.09. The number of aliphatic hydroxyl groups excluding tert-OH is 1. The van der Waals surface area contributed by atoms with Crippen LogP contribution in [-0.2, 0) is 11.2 Å². The Labute approximate surface area is 139 Å². The molecule has 1 amide bonds. The van der Waals surface area contributed by atoms with Gasteiger partial charge in [-0.1, -0.05) is 30.3 Å². The first-order chi connectivity index (χ1) is 10.9. The molecule has 1 heterocycles. The van der Waals surface area contributed by atoms with E-state index in [1.807, 2.05) is 39.0 Å². The second-order valence-electron chi connectivity index (χ2n) is 7.33. The van der Waals surface area contributed by atoms with Crippen LogP contribution in [0, 0.1) is 0 Å². The fourth-order valence-electron chi connectivity index (χ4n) is 3.09. The molecule has 1 aliphatic rings. The Kier molecular flexibility index (Phi) is 6.05. The summed E-state index contributed by atoms with van der Waals surface area (Å²) >= 11 is 0. The van der Waals surface area contributed by atoms with E-state index in [9.17, 15) is 9.90 Å². The highest BCUT2D eigenvalue weighted by molar-refractivity contribution is 5.69. The molecule has 1 fully saturated rings. The summed E-state index contributed by atoms with van der Waals surface area (Å²) in [5, 5.41) is 10.5. The van der Waals surface area contributed by atoms with Crippen molar-refractivity contribution in [1.29, 1.82) is 0 Å². The van der Waals surface area contributed by atoms with E-state index in [0.29, 0.717) is 13.0 Å². The van der Waals surface area contributed by atoms with E-state index in [4.69, 9.17) is 4.74 Å². The highest BCUT2D eigenvalue weighted by Crippen LogP contribution is 2.25. The molecule has 0 bridgehead atoms. The average molecular weight is 319 g/mol. The zero-order valence-corrected chi connectivity index (χ0v) is 14.5. The van der Waals surface area contributed by atoms with Crippen LogP contribution in [0.4, 0.5) is 4.79 Å². The van der Waals surface area contributed by atoms with Gasteiger partial charge in [-0.15, -0.1) is 0 Å². The molecule has 0 saturated carbocycles. The van der Waals surface area contributed by atoms with Crippen molar-refractivity contribution >= 4 is 6.09 Å². The maximum Gasteiger partial charge on any atom is 0.410 e. The van der Waals surface area contributed by atoms with Gasteiger partial charge in [0.15, 0.2) is 0 Å². The minimum Gasteiger partial charge on any atom is -0.444 e. The molecule has 1 unspecified atom stereocenters. The van der Waals surface area contributed by atoms with Crippen molar-refractivity contribution in [3.8, 4) is 0 Å². The lowest BCUT2D eigenvalue weighted by Gasteiger charge is -2.31. The van der Waals surface area contributed by atoms with Crippen molar-refractivity contribution in [1.82, 2.24) is 4.90 Å². The number of aliphatic hydroxyl groups is 1. The topological polar surface area (TPSA) is 49.8 Å². The zero-order chi connectivity index (χ0) is 16.9. The Bertz CT molecular complexity index is 495. The number of rotatable bonds is 5. The number of hydrogen-bond acceptors (Lipinski definition) is 3. The monoisotopic (exact) mass is 319 g/mol. The molecule has 4 heteroatoms. The molecule has 0 aromatic heterocycles. The van der Waals surface area contributed by atoms with Gasteiger partial charge in [0.05, 0.1) is 12.1 Å². The molecule has 23 heavy (non-hydrogen) atoms. The molecule has 0 radical (unpaired) electrons. The van der Waals surface area contributed by atoms with Crippen LogP contribution >= 0.6 is 0 Å². The van der Waals surface area contributed by atoms with Gasteiger partial charge in [-0.2, -0.15) is 0 Å². The van der Waals surface area contributed by atoms with E-state index in [1.54, 1.807) is 4.90 Å². The van der Waals surface area contributed by atoms with Crippen LogP contribution in [0.2, 0.25) is 0 Å². The summed E-state index contributed by atoms with van der Waals surface area (Å²) in [6.45, 7) is 6.28. The zero-order valence-electron chi connectivity index (χ0n) is 14.5. The second-order valence-corrected chi connectivity index (χ2v) is 7.33. The Morgan fingerprint density at radius 2 is 2.04 bits per heavy atom. The van der Waals surface area contributed by atoms with Crippen LogP contribution in [0.1, 0.15) is 52.0 Å². The number of ether oxygens (including phenoxy) is 1. The number of carbonyl (C=O) groups excluding carboxylic acids is 1. The molecular formula is C19H29NO3. The van der Waals surface area contributed by atoms with E-state index < -0.39 is 11.7 Å². The lowest BCUT2D eigenvalue weighted by Crippen LogP contribution is -2.45.